The van der Waals surface area contributed by atoms with Gasteiger partial charge in [0.05, 0.1) is 6.10 Å². The van der Waals surface area contributed by atoms with E-state index >= 15 is 0 Å². The van der Waals surface area contributed by atoms with Gasteiger partial charge in [-0.3, -0.25) is 0 Å². The summed E-state index contributed by atoms with van der Waals surface area (Å²) in [6, 6.07) is 0. The van der Waals surface area contributed by atoms with Gasteiger partial charge in [-0.2, -0.15) is 0 Å². The van der Waals surface area contributed by atoms with Gasteiger partial charge in [0.1, 0.15) is 0 Å². The monoisotopic (exact) mass is 185 g/mol. The average Bonchev–Trinajstić information content (AvgIpc) is 2.19. The number of nitrogens with one attached hydrogen (secondary N) is 1. The van der Waals surface area contributed by atoms with E-state index in [1.54, 1.807) is 0 Å². The van der Waals surface area contributed by atoms with Gasteiger partial charge in [0, 0.05) is 6.54 Å². The van der Waals surface area contributed by atoms with E-state index < -0.39 is 0 Å². The summed E-state index contributed by atoms with van der Waals surface area (Å²) in [5.41, 5.74) is 0. The van der Waals surface area contributed by atoms with E-state index in [4.69, 9.17) is 0 Å². The maximum atomic E-state index is 9.94. The lowest BCUT2D eigenvalue weighted by atomic mass is 9.88. The fourth-order valence-corrected chi connectivity index (χ4v) is 1.98. The standard InChI is InChI=1S/C11H23NO/c1-3-9(2)7-11(13)10-5-4-6-12-8-10/h9-13H,3-8H2,1-2H3. The van der Waals surface area contributed by atoms with Crippen molar-refractivity contribution < 1.29 is 5.11 Å². The first-order valence-electron chi connectivity index (χ1n) is 5.62. The molecule has 1 fully saturated rings. The van der Waals surface area contributed by atoms with Crippen LogP contribution in [0.25, 0.3) is 0 Å². The lowest BCUT2D eigenvalue weighted by Crippen LogP contribution is -2.37. The molecule has 0 radical (unpaired) electrons. The highest BCUT2D eigenvalue weighted by atomic mass is 16.3. The van der Waals surface area contributed by atoms with Crippen LogP contribution in [0.15, 0.2) is 0 Å². The Morgan fingerprint density at radius 3 is 2.85 bits per heavy atom. The minimum atomic E-state index is -0.0808. The topological polar surface area (TPSA) is 32.3 Å². The van der Waals surface area contributed by atoms with Crippen LogP contribution in [-0.4, -0.2) is 24.3 Å². The normalized spacial score (nSPS) is 28.4. The third-order valence-corrected chi connectivity index (χ3v) is 3.22. The number of rotatable bonds is 4. The summed E-state index contributed by atoms with van der Waals surface area (Å²) in [6.07, 6.45) is 4.50. The molecular weight excluding hydrogens is 162 g/mol. The minimum Gasteiger partial charge on any atom is -0.393 e. The summed E-state index contributed by atoms with van der Waals surface area (Å²) in [6.45, 7) is 6.56. The van der Waals surface area contributed by atoms with Crippen molar-refractivity contribution in [3.8, 4) is 0 Å². The molecule has 3 atom stereocenters. The van der Waals surface area contributed by atoms with Gasteiger partial charge >= 0.3 is 0 Å². The van der Waals surface area contributed by atoms with Gasteiger partial charge < -0.3 is 10.4 Å². The molecule has 78 valence electrons. The number of aliphatic hydroxyl groups excluding tert-OH is 1. The molecule has 0 aromatic heterocycles. The summed E-state index contributed by atoms with van der Waals surface area (Å²) in [7, 11) is 0. The van der Waals surface area contributed by atoms with Gasteiger partial charge in [-0.25, -0.2) is 0 Å². The van der Waals surface area contributed by atoms with Gasteiger partial charge in [-0.15, -0.1) is 0 Å². The molecule has 1 rings (SSSR count). The molecule has 0 amide bonds. The first kappa shape index (κ1) is 11.0. The summed E-state index contributed by atoms with van der Waals surface area (Å²) >= 11 is 0. The second kappa shape index (κ2) is 5.61. The first-order valence-corrected chi connectivity index (χ1v) is 5.62. The number of aliphatic hydroxyl groups is 1. The highest BCUT2D eigenvalue weighted by molar-refractivity contribution is 4.76. The molecule has 0 saturated carbocycles. The molecule has 0 spiro atoms. The lowest BCUT2D eigenvalue weighted by Gasteiger charge is -2.28. The fraction of sp³-hybridized carbons (Fsp3) is 1.00. The molecule has 2 N–H and O–H groups in total. The van der Waals surface area contributed by atoms with E-state index in [2.05, 4.69) is 19.2 Å². The second-order valence-corrected chi connectivity index (χ2v) is 4.42. The summed E-state index contributed by atoms with van der Waals surface area (Å²) in [4.78, 5) is 0. The van der Waals surface area contributed by atoms with Crippen molar-refractivity contribution in [2.45, 2.75) is 45.6 Å². The van der Waals surface area contributed by atoms with Crippen molar-refractivity contribution in [2.24, 2.45) is 11.8 Å². The van der Waals surface area contributed by atoms with Crippen LogP contribution >= 0.6 is 0 Å². The Balaban J connectivity index is 2.24. The van der Waals surface area contributed by atoms with Gasteiger partial charge in [-0.05, 0) is 37.6 Å². The molecule has 0 aromatic rings. The van der Waals surface area contributed by atoms with Crippen LogP contribution in [0, 0.1) is 11.8 Å². The first-order chi connectivity index (χ1) is 6.24. The zero-order valence-corrected chi connectivity index (χ0v) is 8.92. The smallest absolute Gasteiger partial charge is 0.0583 e. The Bertz CT molecular complexity index is 132. The molecule has 1 aliphatic rings. The maximum Gasteiger partial charge on any atom is 0.0583 e. The Morgan fingerprint density at radius 1 is 1.54 bits per heavy atom. The molecule has 2 heteroatoms. The summed E-state index contributed by atoms with van der Waals surface area (Å²) in [5.74, 6) is 1.17. The Labute approximate surface area is 81.7 Å². The molecule has 1 heterocycles. The van der Waals surface area contributed by atoms with Crippen LogP contribution in [0.5, 0.6) is 0 Å². The van der Waals surface area contributed by atoms with E-state index in [-0.39, 0.29) is 6.10 Å². The van der Waals surface area contributed by atoms with E-state index in [0.717, 1.165) is 19.5 Å². The van der Waals surface area contributed by atoms with E-state index in [9.17, 15) is 5.11 Å². The predicted octanol–water partition coefficient (Wildman–Crippen LogP) is 1.78. The minimum absolute atomic E-state index is 0.0808. The van der Waals surface area contributed by atoms with E-state index in [1.807, 2.05) is 0 Å². The van der Waals surface area contributed by atoms with Crippen LogP contribution in [0.3, 0.4) is 0 Å². The molecule has 2 nitrogen and oxygen atoms in total. The van der Waals surface area contributed by atoms with Crippen LogP contribution < -0.4 is 5.32 Å². The molecule has 13 heavy (non-hydrogen) atoms. The van der Waals surface area contributed by atoms with Crippen molar-refractivity contribution >= 4 is 0 Å². The highest BCUT2D eigenvalue weighted by Crippen LogP contribution is 2.20. The largest absolute Gasteiger partial charge is 0.393 e. The molecule has 1 aliphatic heterocycles. The number of hydrogen-bond acceptors (Lipinski definition) is 2. The molecule has 0 aromatic carbocycles. The number of piperidine rings is 1. The van der Waals surface area contributed by atoms with Crippen LogP contribution in [0.1, 0.15) is 39.5 Å². The third kappa shape index (κ3) is 3.65. The van der Waals surface area contributed by atoms with Gasteiger partial charge in [0.25, 0.3) is 0 Å². The molecule has 0 bridgehead atoms. The van der Waals surface area contributed by atoms with Crippen molar-refractivity contribution in [3.05, 3.63) is 0 Å². The second-order valence-electron chi connectivity index (χ2n) is 4.42. The summed E-state index contributed by atoms with van der Waals surface area (Å²) < 4.78 is 0. The Hall–Kier alpha value is -0.0800. The van der Waals surface area contributed by atoms with Gasteiger partial charge in [0.15, 0.2) is 0 Å². The van der Waals surface area contributed by atoms with E-state index in [1.165, 1.54) is 19.3 Å². The summed E-state index contributed by atoms with van der Waals surface area (Å²) in [5, 5.41) is 13.3. The average molecular weight is 185 g/mol. The Morgan fingerprint density at radius 2 is 2.31 bits per heavy atom. The van der Waals surface area contributed by atoms with Gasteiger partial charge in [-0.1, -0.05) is 20.3 Å². The number of hydrogen-bond donors (Lipinski definition) is 2. The highest BCUT2D eigenvalue weighted by Gasteiger charge is 2.22. The molecule has 1 saturated heterocycles. The zero-order valence-electron chi connectivity index (χ0n) is 8.92. The SMILES string of the molecule is CCC(C)CC(O)C1CCCNC1. The molecule has 0 aliphatic carbocycles. The van der Waals surface area contributed by atoms with Crippen LogP contribution in [0.4, 0.5) is 0 Å². The quantitative estimate of drug-likeness (QED) is 0.700. The van der Waals surface area contributed by atoms with E-state index in [0.29, 0.717) is 11.8 Å². The molecule has 3 unspecified atom stereocenters. The van der Waals surface area contributed by atoms with Crippen molar-refractivity contribution in [1.82, 2.24) is 5.32 Å². The predicted molar refractivity (Wildman–Crippen MR) is 55.7 cm³/mol. The zero-order chi connectivity index (χ0) is 9.68. The fourth-order valence-electron chi connectivity index (χ4n) is 1.98. The van der Waals surface area contributed by atoms with Crippen molar-refractivity contribution in [1.29, 1.82) is 0 Å². The third-order valence-electron chi connectivity index (χ3n) is 3.22. The van der Waals surface area contributed by atoms with Gasteiger partial charge in [0.2, 0.25) is 0 Å². The maximum absolute atomic E-state index is 9.94. The molecular formula is C11H23NO. The van der Waals surface area contributed by atoms with Crippen LogP contribution in [-0.2, 0) is 0 Å². The van der Waals surface area contributed by atoms with Crippen molar-refractivity contribution in [3.63, 3.8) is 0 Å². The van der Waals surface area contributed by atoms with Crippen molar-refractivity contribution in [2.75, 3.05) is 13.1 Å². The lowest BCUT2D eigenvalue weighted by molar-refractivity contribution is 0.0703. The van der Waals surface area contributed by atoms with Crippen LogP contribution in [0.2, 0.25) is 0 Å². The Kier molecular flexibility index (Phi) is 4.74.